The predicted molar refractivity (Wildman–Crippen MR) is 124 cm³/mol. The smallest absolute Gasteiger partial charge is 0.258 e. The zero-order valence-corrected chi connectivity index (χ0v) is 18.8. The molecule has 0 atom stereocenters. The summed E-state index contributed by atoms with van der Waals surface area (Å²) in [6.07, 6.45) is 0.671. The van der Waals surface area contributed by atoms with E-state index in [0.29, 0.717) is 24.4 Å². The average Bonchev–Trinajstić information content (AvgIpc) is 3.07. The molecule has 0 unspecified atom stereocenters. The molecule has 8 heteroatoms. The maximum absolute atomic E-state index is 13.6. The summed E-state index contributed by atoms with van der Waals surface area (Å²) in [4.78, 5) is 17.3. The van der Waals surface area contributed by atoms with Gasteiger partial charge in [-0.2, -0.15) is 5.10 Å². The number of carbonyl (C=O) groups excluding carboxylic acids is 1. The molecule has 0 radical (unpaired) electrons. The van der Waals surface area contributed by atoms with Gasteiger partial charge in [0.2, 0.25) is 5.96 Å². The first-order valence-corrected chi connectivity index (χ1v) is 10.5. The van der Waals surface area contributed by atoms with Crippen molar-refractivity contribution in [2.75, 3.05) is 19.0 Å². The second-order valence-corrected chi connectivity index (χ2v) is 7.24. The molecule has 0 spiro atoms. The zero-order chi connectivity index (χ0) is 23.1. The molecule has 3 rings (SSSR count). The molecule has 0 aliphatic heterocycles. The summed E-state index contributed by atoms with van der Waals surface area (Å²) in [5, 5.41) is 10.4. The van der Waals surface area contributed by atoms with Crippen molar-refractivity contribution in [3.8, 4) is 5.75 Å². The van der Waals surface area contributed by atoms with Crippen LogP contribution in [0.3, 0.4) is 0 Å². The number of aromatic nitrogens is 2. The largest absolute Gasteiger partial charge is 0.495 e. The van der Waals surface area contributed by atoms with E-state index >= 15 is 0 Å². The van der Waals surface area contributed by atoms with Crippen molar-refractivity contribution in [2.24, 2.45) is 4.99 Å². The summed E-state index contributed by atoms with van der Waals surface area (Å²) in [6, 6.07) is 12.8. The van der Waals surface area contributed by atoms with E-state index < -0.39 is 11.7 Å². The van der Waals surface area contributed by atoms with Crippen LogP contribution in [0.2, 0.25) is 0 Å². The average molecular weight is 438 g/mol. The van der Waals surface area contributed by atoms with Gasteiger partial charge < -0.3 is 10.1 Å². The minimum Gasteiger partial charge on any atom is -0.495 e. The number of aryl methyl sites for hydroxylation is 2. The SMILES string of the molecule is CCn1nc(C)c(CCN=C(NC(=O)c2cccc(F)c2)Nc2ccccc2OC)c1C. The summed E-state index contributed by atoms with van der Waals surface area (Å²) in [7, 11) is 1.57. The van der Waals surface area contributed by atoms with Gasteiger partial charge in [0.15, 0.2) is 0 Å². The lowest BCUT2D eigenvalue weighted by Gasteiger charge is -2.14. The Morgan fingerprint density at radius 1 is 1.19 bits per heavy atom. The molecule has 7 nitrogen and oxygen atoms in total. The number of rotatable bonds is 7. The molecule has 0 aliphatic carbocycles. The van der Waals surface area contributed by atoms with E-state index in [1.807, 2.05) is 36.7 Å². The third kappa shape index (κ3) is 5.51. The molecule has 32 heavy (non-hydrogen) atoms. The first kappa shape index (κ1) is 23.0. The second-order valence-electron chi connectivity index (χ2n) is 7.24. The number of aliphatic imine (C=N–C) groups is 1. The number of para-hydroxylation sites is 2. The molecule has 2 N–H and O–H groups in total. The minimum atomic E-state index is -0.479. The maximum atomic E-state index is 13.6. The van der Waals surface area contributed by atoms with E-state index in [-0.39, 0.29) is 11.5 Å². The molecule has 168 valence electrons. The van der Waals surface area contributed by atoms with Crippen LogP contribution in [0.5, 0.6) is 5.75 Å². The van der Waals surface area contributed by atoms with E-state index in [2.05, 4.69) is 27.6 Å². The summed E-state index contributed by atoms with van der Waals surface area (Å²) in [5.41, 5.74) is 4.09. The first-order valence-electron chi connectivity index (χ1n) is 10.5. The lowest BCUT2D eigenvalue weighted by atomic mass is 10.1. The Kier molecular flexibility index (Phi) is 7.59. The van der Waals surface area contributed by atoms with Crippen LogP contribution in [0.4, 0.5) is 10.1 Å². The van der Waals surface area contributed by atoms with Crippen LogP contribution in [0.1, 0.15) is 34.2 Å². The molecule has 0 aliphatic rings. The third-order valence-electron chi connectivity index (χ3n) is 5.14. The van der Waals surface area contributed by atoms with Gasteiger partial charge in [0.05, 0.1) is 18.5 Å². The monoisotopic (exact) mass is 437 g/mol. The van der Waals surface area contributed by atoms with Crippen molar-refractivity contribution in [2.45, 2.75) is 33.7 Å². The molecule has 0 bridgehead atoms. The van der Waals surface area contributed by atoms with E-state index in [1.54, 1.807) is 19.2 Å². The van der Waals surface area contributed by atoms with Crippen LogP contribution in [0.15, 0.2) is 53.5 Å². The highest BCUT2D eigenvalue weighted by molar-refractivity contribution is 6.10. The maximum Gasteiger partial charge on any atom is 0.258 e. The Morgan fingerprint density at radius 3 is 2.66 bits per heavy atom. The van der Waals surface area contributed by atoms with Crippen molar-refractivity contribution in [1.29, 1.82) is 0 Å². The number of hydrogen-bond acceptors (Lipinski definition) is 4. The fraction of sp³-hybridized carbons (Fsp3) is 0.292. The summed E-state index contributed by atoms with van der Waals surface area (Å²) in [6.45, 7) is 7.32. The summed E-state index contributed by atoms with van der Waals surface area (Å²) < 4.78 is 20.9. The topological polar surface area (TPSA) is 80.5 Å². The van der Waals surface area contributed by atoms with Crippen molar-refractivity contribution in [3.05, 3.63) is 76.9 Å². The van der Waals surface area contributed by atoms with Crippen LogP contribution in [-0.2, 0) is 13.0 Å². The number of nitrogens with one attached hydrogen (secondary N) is 2. The predicted octanol–water partition coefficient (Wildman–Crippen LogP) is 4.11. The number of benzene rings is 2. The molecule has 0 fully saturated rings. The summed E-state index contributed by atoms with van der Waals surface area (Å²) in [5.74, 6) is -0.0809. The number of anilines is 1. The molecule has 0 saturated carbocycles. The van der Waals surface area contributed by atoms with Gasteiger partial charge in [0.1, 0.15) is 11.6 Å². The van der Waals surface area contributed by atoms with Gasteiger partial charge in [-0.3, -0.25) is 19.8 Å². The molecule has 1 aromatic heterocycles. The van der Waals surface area contributed by atoms with Crippen molar-refractivity contribution < 1.29 is 13.9 Å². The number of methoxy groups -OCH3 is 1. The highest BCUT2D eigenvalue weighted by Gasteiger charge is 2.13. The third-order valence-corrected chi connectivity index (χ3v) is 5.14. The van der Waals surface area contributed by atoms with Crippen LogP contribution in [-0.4, -0.2) is 35.3 Å². The number of hydrogen-bond donors (Lipinski definition) is 2. The number of guanidine groups is 1. The lowest BCUT2D eigenvalue weighted by molar-refractivity contribution is 0.0976. The van der Waals surface area contributed by atoms with Gasteiger partial charge in [-0.1, -0.05) is 18.2 Å². The Balaban J connectivity index is 1.82. The Hall–Kier alpha value is -3.68. The van der Waals surface area contributed by atoms with Crippen LogP contribution >= 0.6 is 0 Å². The number of nitrogens with zero attached hydrogens (tertiary/aromatic N) is 3. The molecule has 2 aromatic carbocycles. The van der Waals surface area contributed by atoms with Crippen LogP contribution in [0, 0.1) is 19.7 Å². The Morgan fingerprint density at radius 2 is 1.97 bits per heavy atom. The molecule has 1 heterocycles. The minimum absolute atomic E-state index is 0.204. The molecular formula is C24H28FN5O2. The quantitative estimate of drug-likeness (QED) is 0.431. The van der Waals surface area contributed by atoms with Gasteiger partial charge >= 0.3 is 0 Å². The fourth-order valence-corrected chi connectivity index (χ4v) is 3.48. The van der Waals surface area contributed by atoms with E-state index in [1.165, 1.54) is 18.2 Å². The standard InChI is InChI=1S/C24H28FN5O2/c1-5-30-17(3)20(16(2)29-30)13-14-26-24(27-21-11-6-7-12-22(21)32-4)28-23(31)18-9-8-10-19(25)15-18/h6-12,15H,5,13-14H2,1-4H3,(H2,26,27,28,31). The highest BCUT2D eigenvalue weighted by atomic mass is 19.1. The van der Waals surface area contributed by atoms with Crippen LogP contribution in [0.25, 0.3) is 0 Å². The molecule has 0 saturated heterocycles. The van der Waals surface area contributed by atoms with Gasteiger partial charge in [0, 0.05) is 24.3 Å². The molecule has 1 amide bonds. The number of amides is 1. The van der Waals surface area contributed by atoms with Crippen molar-refractivity contribution >= 4 is 17.6 Å². The van der Waals surface area contributed by atoms with E-state index in [0.717, 1.165) is 23.5 Å². The van der Waals surface area contributed by atoms with E-state index in [9.17, 15) is 9.18 Å². The lowest BCUT2D eigenvalue weighted by Crippen LogP contribution is -2.36. The van der Waals surface area contributed by atoms with Crippen LogP contribution < -0.4 is 15.4 Å². The van der Waals surface area contributed by atoms with Gasteiger partial charge in [-0.25, -0.2) is 4.39 Å². The Labute approximate surface area is 187 Å². The normalized spacial score (nSPS) is 11.3. The van der Waals surface area contributed by atoms with Gasteiger partial charge in [-0.15, -0.1) is 0 Å². The Bertz CT molecular complexity index is 1120. The van der Waals surface area contributed by atoms with E-state index in [4.69, 9.17) is 4.74 Å². The van der Waals surface area contributed by atoms with Crippen molar-refractivity contribution in [1.82, 2.24) is 15.1 Å². The van der Waals surface area contributed by atoms with Gasteiger partial charge in [0.25, 0.3) is 5.91 Å². The fourth-order valence-electron chi connectivity index (χ4n) is 3.48. The highest BCUT2D eigenvalue weighted by Crippen LogP contribution is 2.23. The second kappa shape index (κ2) is 10.6. The molecular weight excluding hydrogens is 409 g/mol. The summed E-state index contributed by atoms with van der Waals surface area (Å²) >= 11 is 0. The number of halogens is 1. The first-order chi connectivity index (χ1) is 15.4. The van der Waals surface area contributed by atoms with Crippen molar-refractivity contribution in [3.63, 3.8) is 0 Å². The number of ether oxygens (including phenoxy) is 1. The number of carbonyl (C=O) groups is 1. The molecule has 3 aromatic rings. The van der Waals surface area contributed by atoms with Gasteiger partial charge in [-0.05, 0) is 63.1 Å². The zero-order valence-electron chi connectivity index (χ0n) is 18.8.